The molecule has 2 N–H and O–H groups in total. The van der Waals surface area contributed by atoms with E-state index in [0.29, 0.717) is 11.9 Å². The molecular weight excluding hydrogens is 238 g/mol. The van der Waals surface area contributed by atoms with Crippen molar-refractivity contribution in [3.63, 3.8) is 0 Å². The standard InChI is InChI=1S/C12H23NO3S/c1-3-16-11(14)12(13)6-5-10(9-12)17-8-4-7-15-2/h10H,3-9,13H2,1-2H3. The van der Waals surface area contributed by atoms with Crippen LogP contribution in [-0.2, 0) is 14.3 Å². The fourth-order valence-corrected chi connectivity index (χ4v) is 3.40. The van der Waals surface area contributed by atoms with Crippen molar-refractivity contribution in [3.05, 3.63) is 0 Å². The molecule has 100 valence electrons. The lowest BCUT2D eigenvalue weighted by Gasteiger charge is -2.21. The highest BCUT2D eigenvalue weighted by Crippen LogP contribution is 2.36. The Morgan fingerprint density at radius 2 is 2.35 bits per heavy atom. The number of rotatable bonds is 7. The van der Waals surface area contributed by atoms with Gasteiger partial charge in [-0.3, -0.25) is 4.79 Å². The number of thioether (sulfide) groups is 1. The first kappa shape index (κ1) is 14.8. The topological polar surface area (TPSA) is 61.5 Å². The Labute approximate surface area is 108 Å². The third-order valence-electron chi connectivity index (χ3n) is 3.03. The minimum absolute atomic E-state index is 0.236. The quantitative estimate of drug-likeness (QED) is 0.557. The summed E-state index contributed by atoms with van der Waals surface area (Å²) < 4.78 is 10.0. The molecule has 0 heterocycles. The number of carbonyl (C=O) groups excluding carboxylic acids is 1. The van der Waals surface area contributed by atoms with Gasteiger partial charge in [0, 0.05) is 19.0 Å². The molecule has 1 saturated carbocycles. The van der Waals surface area contributed by atoms with Gasteiger partial charge in [0.05, 0.1) is 6.61 Å². The molecule has 0 radical (unpaired) electrons. The molecule has 2 atom stereocenters. The van der Waals surface area contributed by atoms with Crippen LogP contribution in [0.4, 0.5) is 0 Å². The number of hydrogen-bond acceptors (Lipinski definition) is 5. The summed E-state index contributed by atoms with van der Waals surface area (Å²) in [5, 5.41) is 0.487. The van der Waals surface area contributed by atoms with E-state index in [1.54, 1.807) is 7.11 Å². The summed E-state index contributed by atoms with van der Waals surface area (Å²) in [5.41, 5.74) is 5.36. The van der Waals surface area contributed by atoms with Crippen LogP contribution < -0.4 is 5.73 Å². The van der Waals surface area contributed by atoms with Gasteiger partial charge in [0.1, 0.15) is 5.54 Å². The van der Waals surface area contributed by atoms with Crippen LogP contribution in [0.25, 0.3) is 0 Å². The monoisotopic (exact) mass is 261 g/mol. The maximum atomic E-state index is 11.7. The molecule has 0 aromatic carbocycles. The molecule has 0 bridgehead atoms. The highest BCUT2D eigenvalue weighted by molar-refractivity contribution is 7.99. The summed E-state index contributed by atoms with van der Waals surface area (Å²) in [6.45, 7) is 3.02. The summed E-state index contributed by atoms with van der Waals surface area (Å²) in [7, 11) is 1.71. The van der Waals surface area contributed by atoms with Gasteiger partial charge in [-0.1, -0.05) is 0 Å². The Hall–Kier alpha value is -0.260. The average Bonchev–Trinajstić information content (AvgIpc) is 2.69. The van der Waals surface area contributed by atoms with Crippen LogP contribution in [0.15, 0.2) is 0 Å². The first-order valence-electron chi connectivity index (χ1n) is 6.19. The molecular formula is C12H23NO3S. The Morgan fingerprint density at radius 3 is 3.00 bits per heavy atom. The van der Waals surface area contributed by atoms with E-state index in [2.05, 4.69) is 0 Å². The Bertz CT molecular complexity index is 250. The molecule has 1 aliphatic rings. The predicted molar refractivity (Wildman–Crippen MR) is 70.1 cm³/mol. The lowest BCUT2D eigenvalue weighted by Crippen LogP contribution is -2.47. The lowest BCUT2D eigenvalue weighted by atomic mass is 10.00. The summed E-state index contributed by atoms with van der Waals surface area (Å²) in [4.78, 5) is 11.7. The van der Waals surface area contributed by atoms with Crippen LogP contribution in [-0.4, -0.2) is 42.8 Å². The second kappa shape index (κ2) is 7.24. The minimum atomic E-state index is -0.741. The van der Waals surface area contributed by atoms with E-state index in [0.717, 1.165) is 38.0 Å². The SMILES string of the molecule is CCOC(=O)C1(N)CCC(SCCCOC)C1. The van der Waals surface area contributed by atoms with Crippen LogP contribution in [0.1, 0.15) is 32.6 Å². The van der Waals surface area contributed by atoms with Gasteiger partial charge in [0.2, 0.25) is 0 Å². The Kier molecular flexibility index (Phi) is 6.30. The van der Waals surface area contributed by atoms with Gasteiger partial charge in [-0.25, -0.2) is 0 Å². The highest BCUT2D eigenvalue weighted by atomic mass is 32.2. The van der Waals surface area contributed by atoms with Gasteiger partial charge in [0.15, 0.2) is 0 Å². The molecule has 0 aliphatic heterocycles. The van der Waals surface area contributed by atoms with E-state index >= 15 is 0 Å². The maximum Gasteiger partial charge on any atom is 0.326 e. The molecule has 0 saturated heterocycles. The van der Waals surface area contributed by atoms with Crippen molar-refractivity contribution in [2.45, 2.75) is 43.4 Å². The molecule has 5 heteroatoms. The Balaban J connectivity index is 2.28. The van der Waals surface area contributed by atoms with Crippen molar-refractivity contribution in [3.8, 4) is 0 Å². The zero-order valence-electron chi connectivity index (χ0n) is 10.7. The third-order valence-corrected chi connectivity index (χ3v) is 4.43. The molecule has 0 aromatic heterocycles. The van der Waals surface area contributed by atoms with E-state index in [-0.39, 0.29) is 5.97 Å². The minimum Gasteiger partial charge on any atom is -0.465 e. The van der Waals surface area contributed by atoms with Crippen LogP contribution in [0.5, 0.6) is 0 Å². The second-order valence-corrected chi connectivity index (χ2v) is 5.87. The van der Waals surface area contributed by atoms with Gasteiger partial charge >= 0.3 is 5.97 Å². The van der Waals surface area contributed by atoms with Gasteiger partial charge in [-0.15, -0.1) is 0 Å². The first-order valence-corrected chi connectivity index (χ1v) is 7.24. The van der Waals surface area contributed by atoms with Crippen LogP contribution >= 0.6 is 11.8 Å². The zero-order chi connectivity index (χ0) is 12.7. The molecule has 0 amide bonds. The Morgan fingerprint density at radius 1 is 1.59 bits per heavy atom. The average molecular weight is 261 g/mol. The van der Waals surface area contributed by atoms with Crippen molar-refractivity contribution < 1.29 is 14.3 Å². The van der Waals surface area contributed by atoms with Crippen LogP contribution in [0, 0.1) is 0 Å². The molecule has 0 spiro atoms. The van der Waals surface area contributed by atoms with E-state index in [4.69, 9.17) is 15.2 Å². The molecule has 2 unspecified atom stereocenters. The van der Waals surface area contributed by atoms with E-state index < -0.39 is 5.54 Å². The zero-order valence-corrected chi connectivity index (χ0v) is 11.6. The molecule has 1 aliphatic carbocycles. The first-order chi connectivity index (χ1) is 8.12. The summed E-state index contributed by atoms with van der Waals surface area (Å²) in [5.74, 6) is 0.831. The van der Waals surface area contributed by atoms with E-state index in [1.807, 2.05) is 18.7 Å². The van der Waals surface area contributed by atoms with E-state index in [9.17, 15) is 4.79 Å². The fourth-order valence-electron chi connectivity index (χ4n) is 2.08. The van der Waals surface area contributed by atoms with Gasteiger partial charge in [-0.05, 0) is 38.4 Å². The number of hydrogen-bond donors (Lipinski definition) is 1. The fraction of sp³-hybridized carbons (Fsp3) is 0.917. The van der Waals surface area contributed by atoms with Gasteiger partial charge in [0.25, 0.3) is 0 Å². The molecule has 4 nitrogen and oxygen atoms in total. The molecule has 1 rings (SSSR count). The normalized spacial score (nSPS) is 28.3. The van der Waals surface area contributed by atoms with E-state index in [1.165, 1.54) is 0 Å². The second-order valence-electron chi connectivity index (χ2n) is 4.46. The molecule has 0 aromatic rings. The highest BCUT2D eigenvalue weighted by Gasteiger charge is 2.43. The third kappa shape index (κ3) is 4.48. The van der Waals surface area contributed by atoms with Crippen molar-refractivity contribution in [2.75, 3.05) is 26.1 Å². The number of methoxy groups -OCH3 is 1. The maximum absolute atomic E-state index is 11.7. The van der Waals surface area contributed by atoms with Crippen molar-refractivity contribution >= 4 is 17.7 Å². The number of ether oxygens (including phenoxy) is 2. The van der Waals surface area contributed by atoms with Gasteiger partial charge in [-0.2, -0.15) is 11.8 Å². The van der Waals surface area contributed by atoms with Crippen LogP contribution in [0.3, 0.4) is 0 Å². The summed E-state index contributed by atoms with van der Waals surface area (Å²) in [6, 6.07) is 0. The molecule has 17 heavy (non-hydrogen) atoms. The smallest absolute Gasteiger partial charge is 0.326 e. The number of esters is 1. The van der Waals surface area contributed by atoms with Crippen molar-refractivity contribution in [1.82, 2.24) is 0 Å². The van der Waals surface area contributed by atoms with Crippen molar-refractivity contribution in [2.24, 2.45) is 5.73 Å². The lowest BCUT2D eigenvalue weighted by molar-refractivity contribution is -0.149. The summed E-state index contributed by atoms with van der Waals surface area (Å²) >= 11 is 1.89. The largest absolute Gasteiger partial charge is 0.465 e. The van der Waals surface area contributed by atoms with Gasteiger partial charge < -0.3 is 15.2 Å². The summed E-state index contributed by atoms with van der Waals surface area (Å²) in [6.07, 6.45) is 3.54. The molecule has 1 fully saturated rings. The number of carbonyl (C=O) groups is 1. The number of nitrogens with two attached hydrogens (primary N) is 1. The predicted octanol–water partition coefficient (Wildman–Crippen LogP) is 1.57. The van der Waals surface area contributed by atoms with Crippen molar-refractivity contribution in [1.29, 1.82) is 0 Å². The van der Waals surface area contributed by atoms with Crippen LogP contribution in [0.2, 0.25) is 0 Å².